The van der Waals surface area contributed by atoms with Gasteiger partial charge in [-0.25, -0.2) is 4.79 Å². The van der Waals surface area contributed by atoms with Crippen LogP contribution >= 0.6 is 0 Å². The van der Waals surface area contributed by atoms with Crippen molar-refractivity contribution in [1.82, 2.24) is 0 Å². The van der Waals surface area contributed by atoms with E-state index in [9.17, 15) is 14.9 Å². The van der Waals surface area contributed by atoms with Gasteiger partial charge in [-0.2, -0.15) is 5.26 Å². The van der Waals surface area contributed by atoms with Crippen molar-refractivity contribution in [2.45, 2.75) is 13.5 Å². The quantitative estimate of drug-likeness (QED) is 0.187. The number of benzene rings is 4. The summed E-state index contributed by atoms with van der Waals surface area (Å²) in [5.41, 5.74) is 2.40. The molecule has 0 aromatic heterocycles. The summed E-state index contributed by atoms with van der Waals surface area (Å²) in [6, 6.07) is 29.6. The molecule has 0 bridgehead atoms. The predicted molar refractivity (Wildman–Crippen MR) is 139 cm³/mol. The highest BCUT2D eigenvalue weighted by Crippen LogP contribution is 2.31. The average molecular weight is 477 g/mol. The molecule has 36 heavy (non-hydrogen) atoms. The van der Waals surface area contributed by atoms with Gasteiger partial charge < -0.3 is 14.8 Å². The summed E-state index contributed by atoms with van der Waals surface area (Å²) in [6.45, 7) is 2.36. The van der Waals surface area contributed by atoms with E-state index in [1.807, 2.05) is 72.8 Å². The van der Waals surface area contributed by atoms with E-state index in [1.165, 1.54) is 0 Å². The minimum Gasteiger partial charge on any atom is -0.488 e. The van der Waals surface area contributed by atoms with Gasteiger partial charge in [0.1, 0.15) is 24.0 Å². The van der Waals surface area contributed by atoms with Gasteiger partial charge >= 0.3 is 5.97 Å². The second-order valence-corrected chi connectivity index (χ2v) is 7.89. The molecule has 4 aromatic rings. The fourth-order valence-corrected chi connectivity index (χ4v) is 3.68. The van der Waals surface area contributed by atoms with E-state index in [0.717, 1.165) is 16.3 Å². The number of nitrogens with one attached hydrogen (secondary N) is 1. The van der Waals surface area contributed by atoms with E-state index in [1.54, 1.807) is 37.3 Å². The topological polar surface area (TPSA) is 88.4 Å². The van der Waals surface area contributed by atoms with Crippen LogP contribution in [0.4, 0.5) is 5.69 Å². The number of ether oxygens (including phenoxy) is 2. The van der Waals surface area contributed by atoms with Gasteiger partial charge in [0, 0.05) is 11.3 Å². The Morgan fingerprint density at radius 3 is 2.36 bits per heavy atom. The Hall–Kier alpha value is -4.89. The molecule has 0 atom stereocenters. The number of amides is 1. The minimum atomic E-state index is -0.566. The molecule has 0 aliphatic rings. The number of esters is 1. The van der Waals surface area contributed by atoms with E-state index in [-0.39, 0.29) is 12.2 Å². The molecule has 178 valence electrons. The van der Waals surface area contributed by atoms with Crippen molar-refractivity contribution in [2.75, 3.05) is 11.9 Å². The number of carbonyl (C=O) groups is 2. The lowest BCUT2D eigenvalue weighted by atomic mass is 10.0. The van der Waals surface area contributed by atoms with Crippen molar-refractivity contribution >= 4 is 34.4 Å². The molecule has 0 saturated heterocycles. The Bertz CT molecular complexity index is 1450. The molecule has 0 fully saturated rings. The standard InChI is InChI=1S/C30H24N2O4/c1-2-35-30(34)23-12-15-25(16-13-23)32-29(33)24(19-31)18-27-26-11-7-6-10-22(26)14-17-28(27)36-20-21-8-4-3-5-9-21/h3-18H,2,20H2,1H3,(H,32,33)/b24-18+. The first-order valence-corrected chi connectivity index (χ1v) is 11.5. The van der Waals surface area contributed by atoms with Crippen LogP contribution in [-0.4, -0.2) is 18.5 Å². The largest absolute Gasteiger partial charge is 0.488 e. The Labute approximate surface area is 209 Å². The Kier molecular flexibility index (Phi) is 7.74. The normalized spacial score (nSPS) is 10.9. The van der Waals surface area contributed by atoms with Gasteiger partial charge in [0.05, 0.1) is 12.2 Å². The van der Waals surface area contributed by atoms with Crippen LogP contribution in [-0.2, 0) is 16.1 Å². The van der Waals surface area contributed by atoms with E-state index in [0.29, 0.717) is 29.2 Å². The van der Waals surface area contributed by atoms with Crippen molar-refractivity contribution in [2.24, 2.45) is 0 Å². The molecule has 0 aliphatic carbocycles. The first-order chi connectivity index (χ1) is 17.6. The maximum absolute atomic E-state index is 13.0. The highest BCUT2D eigenvalue weighted by Gasteiger charge is 2.15. The molecule has 0 saturated carbocycles. The smallest absolute Gasteiger partial charge is 0.338 e. The third kappa shape index (κ3) is 5.78. The predicted octanol–water partition coefficient (Wildman–Crippen LogP) is 6.14. The molecule has 0 radical (unpaired) electrons. The van der Waals surface area contributed by atoms with E-state index < -0.39 is 11.9 Å². The van der Waals surface area contributed by atoms with Gasteiger partial charge in [-0.3, -0.25) is 4.79 Å². The van der Waals surface area contributed by atoms with E-state index in [2.05, 4.69) is 5.32 Å². The molecule has 0 aliphatic heterocycles. The number of nitrogens with zero attached hydrogens (tertiary/aromatic N) is 1. The summed E-state index contributed by atoms with van der Waals surface area (Å²) >= 11 is 0. The van der Waals surface area contributed by atoms with Crippen LogP contribution in [0.2, 0.25) is 0 Å². The number of hydrogen-bond acceptors (Lipinski definition) is 5. The zero-order valence-electron chi connectivity index (χ0n) is 19.7. The second-order valence-electron chi connectivity index (χ2n) is 7.89. The number of anilines is 1. The van der Waals surface area contributed by atoms with Crippen molar-refractivity contribution in [3.05, 3.63) is 113 Å². The van der Waals surface area contributed by atoms with Crippen LogP contribution in [0.1, 0.15) is 28.4 Å². The van der Waals surface area contributed by atoms with Gasteiger partial charge in [0.25, 0.3) is 5.91 Å². The van der Waals surface area contributed by atoms with E-state index in [4.69, 9.17) is 9.47 Å². The molecule has 1 N–H and O–H groups in total. The monoisotopic (exact) mass is 476 g/mol. The molecule has 0 unspecified atom stereocenters. The Morgan fingerprint density at radius 1 is 0.917 bits per heavy atom. The molecule has 0 spiro atoms. The summed E-state index contributed by atoms with van der Waals surface area (Å²) in [5, 5.41) is 14.3. The fourth-order valence-electron chi connectivity index (χ4n) is 3.68. The lowest BCUT2D eigenvalue weighted by Crippen LogP contribution is -2.14. The van der Waals surface area contributed by atoms with Gasteiger partial charge in [-0.15, -0.1) is 0 Å². The maximum Gasteiger partial charge on any atom is 0.338 e. The van der Waals surface area contributed by atoms with Crippen LogP contribution in [0.25, 0.3) is 16.8 Å². The fraction of sp³-hybridized carbons (Fsp3) is 0.100. The van der Waals surface area contributed by atoms with E-state index >= 15 is 0 Å². The van der Waals surface area contributed by atoms with Gasteiger partial charge in [0.2, 0.25) is 0 Å². The van der Waals surface area contributed by atoms with Crippen LogP contribution in [0, 0.1) is 11.3 Å². The minimum absolute atomic E-state index is 0.0783. The summed E-state index contributed by atoms with van der Waals surface area (Å²) < 4.78 is 11.1. The van der Waals surface area contributed by atoms with Crippen LogP contribution in [0.15, 0.2) is 96.6 Å². The van der Waals surface area contributed by atoms with Crippen LogP contribution < -0.4 is 10.1 Å². The Morgan fingerprint density at radius 2 is 1.64 bits per heavy atom. The summed E-state index contributed by atoms with van der Waals surface area (Å²) in [4.78, 5) is 24.8. The molecular formula is C30H24N2O4. The molecule has 4 aromatic carbocycles. The number of nitriles is 1. The number of rotatable bonds is 8. The van der Waals surface area contributed by atoms with Crippen LogP contribution in [0.5, 0.6) is 5.75 Å². The van der Waals surface area contributed by atoms with Gasteiger partial charge in [0.15, 0.2) is 0 Å². The number of fused-ring (bicyclic) bond motifs is 1. The molecule has 0 heterocycles. The van der Waals surface area contributed by atoms with Gasteiger partial charge in [-0.05, 0) is 59.7 Å². The first-order valence-electron chi connectivity index (χ1n) is 11.5. The number of carbonyl (C=O) groups excluding carboxylic acids is 2. The lowest BCUT2D eigenvalue weighted by Gasteiger charge is -2.13. The van der Waals surface area contributed by atoms with Crippen molar-refractivity contribution in [3.63, 3.8) is 0 Å². The van der Waals surface area contributed by atoms with Gasteiger partial charge in [-0.1, -0.05) is 60.7 Å². The molecule has 6 heteroatoms. The maximum atomic E-state index is 13.0. The number of hydrogen-bond donors (Lipinski definition) is 1. The molecule has 1 amide bonds. The third-order valence-corrected chi connectivity index (χ3v) is 5.48. The molecule has 4 rings (SSSR count). The summed E-state index contributed by atoms with van der Waals surface area (Å²) in [7, 11) is 0. The van der Waals surface area contributed by atoms with Crippen LogP contribution in [0.3, 0.4) is 0 Å². The van der Waals surface area contributed by atoms with Crippen molar-refractivity contribution < 1.29 is 19.1 Å². The lowest BCUT2D eigenvalue weighted by molar-refractivity contribution is -0.112. The Balaban J connectivity index is 1.62. The molecule has 6 nitrogen and oxygen atoms in total. The van der Waals surface area contributed by atoms with Crippen molar-refractivity contribution in [1.29, 1.82) is 5.26 Å². The van der Waals surface area contributed by atoms with Crippen molar-refractivity contribution in [3.8, 4) is 11.8 Å². The second kappa shape index (κ2) is 11.5. The highest BCUT2D eigenvalue weighted by atomic mass is 16.5. The summed E-state index contributed by atoms with van der Waals surface area (Å²) in [5.74, 6) is -0.438. The summed E-state index contributed by atoms with van der Waals surface area (Å²) in [6.07, 6.45) is 1.55. The third-order valence-electron chi connectivity index (χ3n) is 5.48. The first kappa shape index (κ1) is 24.2. The average Bonchev–Trinajstić information content (AvgIpc) is 2.91. The zero-order valence-corrected chi connectivity index (χ0v) is 19.7. The molecular weight excluding hydrogens is 452 g/mol. The highest BCUT2D eigenvalue weighted by molar-refractivity contribution is 6.11. The SMILES string of the molecule is CCOC(=O)c1ccc(NC(=O)/C(C#N)=C/c2c(OCc3ccccc3)ccc3ccccc23)cc1. The zero-order chi connectivity index (χ0) is 25.3.